The molecule has 0 saturated carbocycles. The summed E-state index contributed by atoms with van der Waals surface area (Å²) in [5.41, 5.74) is 0. The molecule has 0 aliphatic rings. The number of allylic oxidation sites excluding steroid dienone is 20. The topological polar surface area (TPSA) is 78.9 Å². The Morgan fingerprint density at radius 3 is 0.840 bits per heavy atom. The van der Waals surface area contributed by atoms with Crippen molar-refractivity contribution in [2.45, 2.75) is 322 Å². The highest BCUT2D eigenvalue weighted by atomic mass is 16.6. The molecule has 0 amide bonds. The van der Waals surface area contributed by atoms with E-state index in [0.29, 0.717) is 19.3 Å². The first-order valence-corrected chi connectivity index (χ1v) is 34.0. The highest BCUT2D eigenvalue weighted by molar-refractivity contribution is 5.71. The molecule has 0 saturated heterocycles. The average molecular weight is 1120 g/mol. The molecule has 1 unspecified atom stereocenters. The Morgan fingerprint density at radius 1 is 0.259 bits per heavy atom. The van der Waals surface area contributed by atoms with Crippen LogP contribution in [0.3, 0.4) is 0 Å². The smallest absolute Gasteiger partial charge is 0.306 e. The Labute approximate surface area is 501 Å². The van der Waals surface area contributed by atoms with Crippen LogP contribution in [0.2, 0.25) is 0 Å². The molecule has 0 aliphatic heterocycles. The lowest BCUT2D eigenvalue weighted by Crippen LogP contribution is -2.30. The first-order valence-electron chi connectivity index (χ1n) is 34.0. The molecule has 0 rings (SSSR count). The summed E-state index contributed by atoms with van der Waals surface area (Å²) in [6.45, 7) is 6.35. The number of ether oxygens (including phenoxy) is 3. The van der Waals surface area contributed by atoms with Crippen molar-refractivity contribution in [2.24, 2.45) is 0 Å². The standard InChI is InChI=1S/C75H126O6/c1-4-7-10-13-16-19-22-25-27-28-29-30-31-32-33-34-35-36-37-38-39-40-41-42-43-44-45-46-48-50-53-56-59-62-65-68-74(77)80-71-72(70-79-73(76)67-64-61-58-55-52-49-24-21-18-15-12-9-6-3)81-75(78)69-66-63-60-57-54-51-47-26-23-20-17-14-11-8-5-2/h7,9-10,12,16,18-19,21,25-27,29-30,32-33,47,49,52,58,61,72H,4-6,8,11,13-15,17,20,22-24,28,31,34-46,48,50-51,53-57,59-60,62-71H2,1-3H3/b10-7-,12-9-,19-16-,21-18-,27-25-,30-29-,33-32-,47-26-,52-49-,61-58-. The van der Waals surface area contributed by atoms with Crippen LogP contribution in [-0.4, -0.2) is 37.2 Å². The predicted molar refractivity (Wildman–Crippen MR) is 353 cm³/mol. The molecule has 6 nitrogen and oxygen atoms in total. The number of esters is 3. The van der Waals surface area contributed by atoms with Gasteiger partial charge in [0.15, 0.2) is 6.10 Å². The maximum Gasteiger partial charge on any atom is 0.306 e. The third-order valence-corrected chi connectivity index (χ3v) is 14.4. The Kier molecular flexibility index (Phi) is 64.8. The van der Waals surface area contributed by atoms with Gasteiger partial charge in [-0.1, -0.05) is 303 Å². The number of carbonyl (C=O) groups excluding carboxylic acids is 3. The van der Waals surface area contributed by atoms with E-state index in [1.807, 2.05) is 6.08 Å². The molecule has 0 N–H and O–H groups in total. The third-order valence-electron chi connectivity index (χ3n) is 14.4. The Balaban J connectivity index is 4.16. The van der Waals surface area contributed by atoms with Gasteiger partial charge in [0.05, 0.1) is 0 Å². The molecule has 0 fully saturated rings. The van der Waals surface area contributed by atoms with Gasteiger partial charge in [-0.15, -0.1) is 0 Å². The van der Waals surface area contributed by atoms with Gasteiger partial charge >= 0.3 is 17.9 Å². The maximum absolute atomic E-state index is 12.9. The average Bonchev–Trinajstić information content (AvgIpc) is 3.46. The minimum atomic E-state index is -0.812. The highest BCUT2D eigenvalue weighted by Crippen LogP contribution is 2.17. The zero-order chi connectivity index (χ0) is 58.5. The molecular formula is C75H126O6. The quantitative estimate of drug-likeness (QED) is 0.0261. The van der Waals surface area contributed by atoms with E-state index in [1.165, 1.54) is 161 Å². The zero-order valence-electron chi connectivity index (χ0n) is 53.0. The van der Waals surface area contributed by atoms with Crippen molar-refractivity contribution >= 4 is 17.9 Å². The monoisotopic (exact) mass is 1120 g/mol. The SMILES string of the molecule is CC/C=C\C/C=C\C/C=C\C/C=C\C/C=C\CCCCCCCCCCCCCCCCCCCCCC(=O)OCC(COC(=O)CC/C=C\C/C=C\C/C=C\C/C=C\CC)OC(=O)CCCCCCC/C=C\CCCCCCCC. The lowest BCUT2D eigenvalue weighted by atomic mass is 10.0. The van der Waals surface area contributed by atoms with Crippen LogP contribution in [-0.2, 0) is 28.6 Å². The molecule has 0 heterocycles. The normalized spacial score (nSPS) is 12.9. The minimum Gasteiger partial charge on any atom is -0.462 e. The summed E-state index contributed by atoms with van der Waals surface area (Å²) in [4.78, 5) is 38.2. The fourth-order valence-electron chi connectivity index (χ4n) is 9.42. The Hall–Kier alpha value is -4.19. The Morgan fingerprint density at radius 2 is 0.506 bits per heavy atom. The van der Waals surface area contributed by atoms with E-state index < -0.39 is 6.10 Å². The molecule has 1 atom stereocenters. The molecule has 6 heteroatoms. The molecule has 0 aromatic rings. The van der Waals surface area contributed by atoms with E-state index >= 15 is 0 Å². The fraction of sp³-hybridized carbons (Fsp3) is 0.693. The van der Waals surface area contributed by atoms with Gasteiger partial charge in [-0.05, 0) is 116 Å². The second kappa shape index (κ2) is 68.3. The first-order chi connectivity index (χ1) is 40.0. The van der Waals surface area contributed by atoms with Crippen molar-refractivity contribution in [3.8, 4) is 0 Å². The van der Waals surface area contributed by atoms with E-state index in [0.717, 1.165) is 109 Å². The minimum absolute atomic E-state index is 0.102. The van der Waals surface area contributed by atoms with Crippen molar-refractivity contribution in [3.05, 3.63) is 122 Å². The van der Waals surface area contributed by atoms with Crippen molar-refractivity contribution < 1.29 is 28.6 Å². The van der Waals surface area contributed by atoms with E-state index in [1.54, 1.807) is 0 Å². The van der Waals surface area contributed by atoms with Crippen molar-refractivity contribution in [2.75, 3.05) is 13.2 Å². The number of unbranched alkanes of at least 4 members (excludes halogenated alkanes) is 30. The van der Waals surface area contributed by atoms with Crippen LogP contribution < -0.4 is 0 Å². The van der Waals surface area contributed by atoms with Gasteiger partial charge in [0, 0.05) is 19.3 Å². The third kappa shape index (κ3) is 66.5. The van der Waals surface area contributed by atoms with Crippen LogP contribution in [0.25, 0.3) is 0 Å². The molecule has 0 bridgehead atoms. The van der Waals surface area contributed by atoms with Gasteiger partial charge in [0.2, 0.25) is 0 Å². The largest absolute Gasteiger partial charge is 0.462 e. The highest BCUT2D eigenvalue weighted by Gasteiger charge is 2.19. The molecule has 0 aromatic heterocycles. The van der Waals surface area contributed by atoms with E-state index in [9.17, 15) is 14.4 Å². The lowest BCUT2D eigenvalue weighted by Gasteiger charge is -2.18. The van der Waals surface area contributed by atoms with Gasteiger partial charge < -0.3 is 14.2 Å². The summed E-state index contributed by atoms with van der Waals surface area (Å²) in [5, 5.41) is 0. The molecule has 0 aromatic carbocycles. The van der Waals surface area contributed by atoms with E-state index in [-0.39, 0.29) is 37.5 Å². The van der Waals surface area contributed by atoms with Gasteiger partial charge in [0.1, 0.15) is 13.2 Å². The van der Waals surface area contributed by atoms with Gasteiger partial charge in [-0.3, -0.25) is 14.4 Å². The lowest BCUT2D eigenvalue weighted by molar-refractivity contribution is -0.166. The summed E-state index contributed by atoms with van der Waals surface area (Å²) in [5.74, 6) is -0.987. The summed E-state index contributed by atoms with van der Waals surface area (Å²) in [6, 6.07) is 0. The van der Waals surface area contributed by atoms with Crippen LogP contribution in [0.15, 0.2) is 122 Å². The van der Waals surface area contributed by atoms with Crippen LogP contribution >= 0.6 is 0 Å². The molecular weight excluding hydrogens is 997 g/mol. The predicted octanol–water partition coefficient (Wildman–Crippen LogP) is 23.6. The van der Waals surface area contributed by atoms with Crippen LogP contribution in [0.4, 0.5) is 0 Å². The summed E-state index contributed by atoms with van der Waals surface area (Å²) in [6.07, 6.45) is 95.4. The zero-order valence-corrected chi connectivity index (χ0v) is 53.0. The molecule has 0 spiro atoms. The molecule has 462 valence electrons. The number of hydrogen-bond acceptors (Lipinski definition) is 6. The fourth-order valence-corrected chi connectivity index (χ4v) is 9.42. The van der Waals surface area contributed by atoms with Gasteiger partial charge in [-0.25, -0.2) is 0 Å². The summed E-state index contributed by atoms with van der Waals surface area (Å²) < 4.78 is 16.8. The van der Waals surface area contributed by atoms with E-state index in [4.69, 9.17) is 14.2 Å². The summed E-state index contributed by atoms with van der Waals surface area (Å²) in [7, 11) is 0. The molecule has 0 aliphatic carbocycles. The number of rotatable bonds is 61. The van der Waals surface area contributed by atoms with Gasteiger partial charge in [0.25, 0.3) is 0 Å². The van der Waals surface area contributed by atoms with Crippen LogP contribution in [0.5, 0.6) is 0 Å². The number of hydrogen-bond donors (Lipinski definition) is 0. The van der Waals surface area contributed by atoms with Crippen molar-refractivity contribution in [3.63, 3.8) is 0 Å². The molecule has 81 heavy (non-hydrogen) atoms. The van der Waals surface area contributed by atoms with Crippen molar-refractivity contribution in [1.82, 2.24) is 0 Å². The van der Waals surface area contributed by atoms with Crippen molar-refractivity contribution in [1.29, 1.82) is 0 Å². The van der Waals surface area contributed by atoms with Crippen LogP contribution in [0.1, 0.15) is 316 Å². The maximum atomic E-state index is 12.9. The molecule has 0 radical (unpaired) electrons. The Bertz CT molecular complexity index is 1670. The second-order valence-electron chi connectivity index (χ2n) is 22.3. The van der Waals surface area contributed by atoms with E-state index in [2.05, 4.69) is 136 Å². The second-order valence-corrected chi connectivity index (χ2v) is 22.3. The first kappa shape index (κ1) is 76.8. The number of carbonyl (C=O) groups is 3. The van der Waals surface area contributed by atoms with Crippen LogP contribution in [0, 0.1) is 0 Å². The van der Waals surface area contributed by atoms with Gasteiger partial charge in [-0.2, -0.15) is 0 Å². The summed E-state index contributed by atoms with van der Waals surface area (Å²) >= 11 is 0.